The summed E-state index contributed by atoms with van der Waals surface area (Å²) in [5, 5.41) is 4.26. The van der Waals surface area contributed by atoms with Crippen LogP contribution in [0.5, 0.6) is 5.75 Å². The molecule has 3 rings (SSSR count). The molecule has 3 heteroatoms. The highest BCUT2D eigenvalue weighted by atomic mass is 35.5. The van der Waals surface area contributed by atoms with Crippen molar-refractivity contribution in [3.05, 3.63) is 58.1 Å². The summed E-state index contributed by atoms with van der Waals surface area (Å²) in [6, 6.07) is 12.3. The van der Waals surface area contributed by atoms with Crippen molar-refractivity contribution in [2.24, 2.45) is 0 Å². The lowest BCUT2D eigenvalue weighted by atomic mass is 10.1. The molecule has 1 aliphatic rings. The van der Waals surface area contributed by atoms with Gasteiger partial charge in [-0.2, -0.15) is 0 Å². The van der Waals surface area contributed by atoms with E-state index >= 15 is 0 Å². The van der Waals surface area contributed by atoms with E-state index in [1.165, 1.54) is 22.4 Å². The summed E-state index contributed by atoms with van der Waals surface area (Å²) in [6.45, 7) is 5.02. The van der Waals surface area contributed by atoms with Gasteiger partial charge < -0.3 is 10.1 Å². The fourth-order valence-electron chi connectivity index (χ4n) is 2.55. The average molecular weight is 288 g/mol. The minimum absolute atomic E-state index is 0.170. The molecule has 0 radical (unpaired) electrons. The van der Waals surface area contributed by atoms with Crippen molar-refractivity contribution in [2.45, 2.75) is 26.4 Å². The molecule has 1 atom stereocenters. The molecule has 0 saturated heterocycles. The molecular formula is C17H18ClNO. The van der Waals surface area contributed by atoms with Crippen LogP contribution in [0, 0.1) is 13.8 Å². The van der Waals surface area contributed by atoms with Crippen molar-refractivity contribution < 1.29 is 4.74 Å². The number of aryl methyl sites for hydroxylation is 2. The zero-order chi connectivity index (χ0) is 14.1. The smallest absolute Gasteiger partial charge is 0.123 e. The van der Waals surface area contributed by atoms with Crippen LogP contribution in [0.1, 0.15) is 16.7 Å². The molecule has 0 fully saturated rings. The molecule has 0 amide bonds. The third-order valence-corrected chi connectivity index (χ3v) is 3.91. The van der Waals surface area contributed by atoms with E-state index in [2.05, 4.69) is 37.4 Å². The predicted octanol–water partition coefficient (Wildman–Crippen LogP) is 4.37. The summed E-state index contributed by atoms with van der Waals surface area (Å²) >= 11 is 6.01. The van der Waals surface area contributed by atoms with Crippen molar-refractivity contribution in [3.8, 4) is 5.75 Å². The Morgan fingerprint density at radius 2 is 2.05 bits per heavy atom. The Kier molecular flexibility index (Phi) is 3.58. The fourth-order valence-corrected chi connectivity index (χ4v) is 2.75. The van der Waals surface area contributed by atoms with Gasteiger partial charge in [-0.25, -0.2) is 0 Å². The lowest BCUT2D eigenvalue weighted by molar-refractivity contribution is 0.246. The number of benzene rings is 2. The van der Waals surface area contributed by atoms with E-state index in [-0.39, 0.29) is 6.10 Å². The highest BCUT2D eigenvalue weighted by Crippen LogP contribution is 2.31. The van der Waals surface area contributed by atoms with E-state index in [9.17, 15) is 0 Å². The normalized spacial score (nSPS) is 16.6. The monoisotopic (exact) mass is 287 g/mol. The third-order valence-electron chi connectivity index (χ3n) is 3.68. The second-order valence-electron chi connectivity index (χ2n) is 5.40. The zero-order valence-corrected chi connectivity index (χ0v) is 12.5. The van der Waals surface area contributed by atoms with Crippen LogP contribution < -0.4 is 10.1 Å². The summed E-state index contributed by atoms with van der Waals surface area (Å²) < 4.78 is 5.93. The standard InChI is InChI=1S/C17H18ClNO/c1-11-3-4-12(2)16(7-11)19-10-15-9-13-8-14(18)5-6-17(13)20-15/h3-8,15,19H,9-10H2,1-2H3. The Balaban J connectivity index is 1.65. The predicted molar refractivity (Wildman–Crippen MR) is 84.0 cm³/mol. The second kappa shape index (κ2) is 5.37. The Labute approximate surface area is 124 Å². The number of anilines is 1. The molecule has 2 nitrogen and oxygen atoms in total. The lowest BCUT2D eigenvalue weighted by Gasteiger charge is -2.15. The van der Waals surface area contributed by atoms with Gasteiger partial charge in [0.25, 0.3) is 0 Å². The molecule has 0 saturated carbocycles. The molecule has 1 heterocycles. The van der Waals surface area contributed by atoms with Crippen LogP contribution >= 0.6 is 11.6 Å². The first-order valence-corrected chi connectivity index (χ1v) is 7.26. The van der Waals surface area contributed by atoms with Gasteiger partial charge in [-0.05, 0) is 54.8 Å². The van der Waals surface area contributed by atoms with E-state index in [1.54, 1.807) is 0 Å². The van der Waals surface area contributed by atoms with Crippen LogP contribution in [-0.4, -0.2) is 12.6 Å². The summed E-state index contributed by atoms with van der Waals surface area (Å²) in [7, 11) is 0. The number of hydrogen-bond acceptors (Lipinski definition) is 2. The molecule has 104 valence electrons. The summed E-state index contributed by atoms with van der Waals surface area (Å²) in [5.74, 6) is 0.960. The molecular weight excluding hydrogens is 270 g/mol. The first kappa shape index (κ1) is 13.3. The number of fused-ring (bicyclic) bond motifs is 1. The highest BCUT2D eigenvalue weighted by Gasteiger charge is 2.22. The summed E-state index contributed by atoms with van der Waals surface area (Å²) in [5.41, 5.74) is 4.91. The van der Waals surface area contributed by atoms with Crippen LogP contribution in [0.3, 0.4) is 0 Å². The number of ether oxygens (including phenoxy) is 1. The molecule has 0 spiro atoms. The molecule has 20 heavy (non-hydrogen) atoms. The number of halogens is 1. The molecule has 2 aromatic rings. The topological polar surface area (TPSA) is 21.3 Å². The van der Waals surface area contributed by atoms with Gasteiger partial charge in [-0.1, -0.05) is 23.7 Å². The van der Waals surface area contributed by atoms with Crippen molar-refractivity contribution in [2.75, 3.05) is 11.9 Å². The van der Waals surface area contributed by atoms with E-state index in [0.717, 1.165) is 23.7 Å². The summed E-state index contributed by atoms with van der Waals surface area (Å²) in [6.07, 6.45) is 1.08. The first-order chi connectivity index (χ1) is 9.61. The van der Waals surface area contributed by atoms with Crippen molar-refractivity contribution in [3.63, 3.8) is 0 Å². The molecule has 2 aromatic carbocycles. The van der Waals surface area contributed by atoms with Crippen LogP contribution in [-0.2, 0) is 6.42 Å². The van der Waals surface area contributed by atoms with E-state index < -0.39 is 0 Å². The van der Waals surface area contributed by atoms with E-state index in [1.807, 2.05) is 18.2 Å². The number of rotatable bonds is 3. The maximum atomic E-state index is 6.01. The quantitative estimate of drug-likeness (QED) is 0.905. The SMILES string of the molecule is Cc1ccc(C)c(NCC2Cc3cc(Cl)ccc3O2)c1. The highest BCUT2D eigenvalue weighted by molar-refractivity contribution is 6.30. The van der Waals surface area contributed by atoms with Crippen molar-refractivity contribution in [1.29, 1.82) is 0 Å². The van der Waals surface area contributed by atoms with Crippen LogP contribution in [0.25, 0.3) is 0 Å². The second-order valence-corrected chi connectivity index (χ2v) is 5.83. The largest absolute Gasteiger partial charge is 0.488 e. The minimum atomic E-state index is 0.170. The molecule has 1 aliphatic heterocycles. The van der Waals surface area contributed by atoms with E-state index in [0.29, 0.717) is 0 Å². The Morgan fingerprint density at radius 1 is 1.20 bits per heavy atom. The Bertz CT molecular complexity index is 639. The van der Waals surface area contributed by atoms with Gasteiger partial charge >= 0.3 is 0 Å². The van der Waals surface area contributed by atoms with Crippen LogP contribution in [0.4, 0.5) is 5.69 Å². The molecule has 1 unspecified atom stereocenters. The van der Waals surface area contributed by atoms with Gasteiger partial charge in [0, 0.05) is 17.1 Å². The number of nitrogens with one attached hydrogen (secondary N) is 1. The molecule has 0 aliphatic carbocycles. The molecule has 1 N–H and O–H groups in total. The van der Waals surface area contributed by atoms with E-state index in [4.69, 9.17) is 16.3 Å². The van der Waals surface area contributed by atoms with Gasteiger partial charge in [0.2, 0.25) is 0 Å². The third kappa shape index (κ3) is 2.75. The summed E-state index contributed by atoms with van der Waals surface area (Å²) in [4.78, 5) is 0. The fraction of sp³-hybridized carbons (Fsp3) is 0.294. The van der Waals surface area contributed by atoms with Gasteiger partial charge in [-0.15, -0.1) is 0 Å². The minimum Gasteiger partial charge on any atom is -0.488 e. The zero-order valence-electron chi connectivity index (χ0n) is 11.7. The van der Waals surface area contributed by atoms with Gasteiger partial charge in [-0.3, -0.25) is 0 Å². The van der Waals surface area contributed by atoms with Crippen LogP contribution in [0.15, 0.2) is 36.4 Å². The Morgan fingerprint density at radius 3 is 2.90 bits per heavy atom. The maximum Gasteiger partial charge on any atom is 0.123 e. The Hall–Kier alpha value is -1.67. The number of hydrogen-bond donors (Lipinski definition) is 1. The van der Waals surface area contributed by atoms with Crippen molar-refractivity contribution in [1.82, 2.24) is 0 Å². The van der Waals surface area contributed by atoms with Crippen LogP contribution in [0.2, 0.25) is 5.02 Å². The van der Waals surface area contributed by atoms with Gasteiger partial charge in [0.05, 0.1) is 6.54 Å². The lowest BCUT2D eigenvalue weighted by Crippen LogP contribution is -2.24. The van der Waals surface area contributed by atoms with Gasteiger partial charge in [0.15, 0.2) is 0 Å². The molecule has 0 aromatic heterocycles. The van der Waals surface area contributed by atoms with Crippen molar-refractivity contribution >= 4 is 17.3 Å². The first-order valence-electron chi connectivity index (χ1n) is 6.88. The average Bonchev–Trinajstić information content (AvgIpc) is 2.81. The van der Waals surface area contributed by atoms with Gasteiger partial charge in [0.1, 0.15) is 11.9 Å². The molecule has 0 bridgehead atoms. The maximum absolute atomic E-state index is 6.01.